The maximum atomic E-state index is 9.83. The molecule has 0 amide bonds. The van der Waals surface area contributed by atoms with E-state index in [0.29, 0.717) is 17.2 Å². The molecule has 78 valence electrons. The van der Waals surface area contributed by atoms with Crippen molar-refractivity contribution in [3.63, 3.8) is 0 Å². The zero-order chi connectivity index (χ0) is 10.7. The summed E-state index contributed by atoms with van der Waals surface area (Å²) in [5, 5.41) is 10.5. The standard InChI is InChI=1S/C12H11ClO2/c13-10-5-2-1-4-9(10)8-11(14)12-6-3-7-15-12/h1-7,11,14H,8H2. The summed E-state index contributed by atoms with van der Waals surface area (Å²) >= 11 is 5.99. The Morgan fingerprint density at radius 2 is 2.00 bits per heavy atom. The van der Waals surface area contributed by atoms with Crippen LogP contribution in [0.25, 0.3) is 0 Å². The van der Waals surface area contributed by atoms with Gasteiger partial charge in [0, 0.05) is 11.4 Å². The predicted octanol–water partition coefficient (Wildman–Crippen LogP) is 3.21. The topological polar surface area (TPSA) is 33.4 Å². The van der Waals surface area contributed by atoms with Crippen LogP contribution in [0.1, 0.15) is 17.4 Å². The highest BCUT2D eigenvalue weighted by atomic mass is 35.5. The number of furan rings is 1. The molecule has 0 aliphatic carbocycles. The minimum atomic E-state index is -0.639. The molecule has 0 fully saturated rings. The molecule has 1 atom stereocenters. The van der Waals surface area contributed by atoms with Crippen molar-refractivity contribution < 1.29 is 9.52 Å². The van der Waals surface area contributed by atoms with Gasteiger partial charge in [-0.2, -0.15) is 0 Å². The summed E-state index contributed by atoms with van der Waals surface area (Å²) < 4.78 is 5.11. The molecule has 2 rings (SSSR count). The summed E-state index contributed by atoms with van der Waals surface area (Å²) in [6.45, 7) is 0. The monoisotopic (exact) mass is 222 g/mol. The summed E-state index contributed by atoms with van der Waals surface area (Å²) in [6.07, 6.45) is 1.37. The molecule has 0 saturated heterocycles. The van der Waals surface area contributed by atoms with Gasteiger partial charge >= 0.3 is 0 Å². The van der Waals surface area contributed by atoms with Crippen molar-refractivity contribution in [3.8, 4) is 0 Å². The molecular formula is C12H11ClO2. The third kappa shape index (κ3) is 2.41. The molecule has 1 heterocycles. The van der Waals surface area contributed by atoms with Gasteiger partial charge in [-0.3, -0.25) is 0 Å². The lowest BCUT2D eigenvalue weighted by Crippen LogP contribution is -2.00. The molecule has 1 N–H and O–H groups in total. The summed E-state index contributed by atoms with van der Waals surface area (Å²) in [4.78, 5) is 0. The Morgan fingerprint density at radius 1 is 1.20 bits per heavy atom. The van der Waals surface area contributed by atoms with Crippen LogP contribution in [-0.4, -0.2) is 5.11 Å². The first kappa shape index (κ1) is 10.3. The van der Waals surface area contributed by atoms with Gasteiger partial charge in [0.1, 0.15) is 11.9 Å². The molecule has 0 spiro atoms. The van der Waals surface area contributed by atoms with Crippen LogP contribution >= 0.6 is 11.6 Å². The van der Waals surface area contributed by atoms with Gasteiger partial charge in [0.05, 0.1) is 6.26 Å². The lowest BCUT2D eigenvalue weighted by atomic mass is 10.1. The van der Waals surface area contributed by atoms with Crippen LogP contribution in [0.4, 0.5) is 0 Å². The Bertz CT molecular complexity index is 423. The maximum Gasteiger partial charge on any atom is 0.132 e. The van der Waals surface area contributed by atoms with E-state index >= 15 is 0 Å². The summed E-state index contributed by atoms with van der Waals surface area (Å²) in [5.74, 6) is 0.565. The van der Waals surface area contributed by atoms with Gasteiger partial charge in [0.2, 0.25) is 0 Å². The largest absolute Gasteiger partial charge is 0.467 e. The fourth-order valence-electron chi connectivity index (χ4n) is 1.45. The van der Waals surface area contributed by atoms with Crippen molar-refractivity contribution in [1.82, 2.24) is 0 Å². The fourth-order valence-corrected chi connectivity index (χ4v) is 1.67. The number of hydrogen-bond donors (Lipinski definition) is 1. The van der Waals surface area contributed by atoms with Crippen LogP contribution < -0.4 is 0 Å². The van der Waals surface area contributed by atoms with Gasteiger partial charge in [-0.15, -0.1) is 0 Å². The average molecular weight is 223 g/mol. The van der Waals surface area contributed by atoms with Gasteiger partial charge in [-0.05, 0) is 23.8 Å². The summed E-state index contributed by atoms with van der Waals surface area (Å²) in [5.41, 5.74) is 0.920. The van der Waals surface area contributed by atoms with Crippen molar-refractivity contribution in [2.45, 2.75) is 12.5 Å². The zero-order valence-electron chi connectivity index (χ0n) is 8.06. The smallest absolute Gasteiger partial charge is 0.132 e. The zero-order valence-corrected chi connectivity index (χ0v) is 8.82. The molecule has 3 heteroatoms. The molecular weight excluding hydrogens is 212 g/mol. The third-order valence-electron chi connectivity index (χ3n) is 2.24. The quantitative estimate of drug-likeness (QED) is 0.865. The molecule has 0 aliphatic rings. The number of hydrogen-bond acceptors (Lipinski definition) is 2. The molecule has 1 aromatic heterocycles. The number of aliphatic hydroxyl groups is 1. The first-order chi connectivity index (χ1) is 7.27. The molecule has 0 aliphatic heterocycles. The highest BCUT2D eigenvalue weighted by Gasteiger charge is 2.12. The molecule has 0 bridgehead atoms. The molecule has 1 unspecified atom stereocenters. The Balaban J connectivity index is 2.13. The summed E-state index contributed by atoms with van der Waals surface area (Å²) in [6, 6.07) is 11.0. The molecule has 2 nitrogen and oxygen atoms in total. The van der Waals surface area contributed by atoms with Crippen LogP contribution in [0.3, 0.4) is 0 Å². The average Bonchev–Trinajstić information content (AvgIpc) is 2.74. The van der Waals surface area contributed by atoms with Crippen molar-refractivity contribution in [2.24, 2.45) is 0 Å². The fraction of sp³-hybridized carbons (Fsp3) is 0.167. The van der Waals surface area contributed by atoms with E-state index in [4.69, 9.17) is 16.0 Å². The Kier molecular flexibility index (Phi) is 3.09. The minimum Gasteiger partial charge on any atom is -0.467 e. The van der Waals surface area contributed by atoms with Crippen molar-refractivity contribution in [3.05, 3.63) is 59.0 Å². The Hall–Kier alpha value is -1.25. The number of rotatable bonds is 3. The number of halogens is 1. The highest BCUT2D eigenvalue weighted by Crippen LogP contribution is 2.23. The van der Waals surface area contributed by atoms with Crippen LogP contribution in [0.2, 0.25) is 5.02 Å². The van der Waals surface area contributed by atoms with Gasteiger partial charge in [-0.1, -0.05) is 29.8 Å². The van der Waals surface area contributed by atoms with E-state index < -0.39 is 6.10 Å². The lowest BCUT2D eigenvalue weighted by Gasteiger charge is -2.08. The van der Waals surface area contributed by atoms with Crippen molar-refractivity contribution in [1.29, 1.82) is 0 Å². The van der Waals surface area contributed by atoms with Gasteiger partial charge < -0.3 is 9.52 Å². The second kappa shape index (κ2) is 4.51. The number of aliphatic hydroxyl groups excluding tert-OH is 1. The van der Waals surface area contributed by atoms with Crippen LogP contribution in [0, 0.1) is 0 Å². The molecule has 0 saturated carbocycles. The van der Waals surface area contributed by atoms with E-state index in [1.165, 1.54) is 0 Å². The second-order valence-corrected chi connectivity index (χ2v) is 3.73. The Morgan fingerprint density at radius 3 is 2.67 bits per heavy atom. The molecule has 1 aromatic carbocycles. The molecule has 0 radical (unpaired) electrons. The van der Waals surface area contributed by atoms with E-state index in [9.17, 15) is 5.11 Å². The van der Waals surface area contributed by atoms with E-state index in [-0.39, 0.29) is 0 Å². The second-order valence-electron chi connectivity index (χ2n) is 3.33. The normalized spacial score (nSPS) is 12.7. The maximum absolute atomic E-state index is 9.83. The van der Waals surface area contributed by atoms with Crippen molar-refractivity contribution >= 4 is 11.6 Å². The Labute approximate surface area is 93.1 Å². The molecule has 15 heavy (non-hydrogen) atoms. The lowest BCUT2D eigenvalue weighted by molar-refractivity contribution is 0.150. The first-order valence-electron chi connectivity index (χ1n) is 4.72. The van der Waals surface area contributed by atoms with Crippen LogP contribution in [-0.2, 0) is 6.42 Å². The van der Waals surface area contributed by atoms with E-state index in [0.717, 1.165) is 5.56 Å². The van der Waals surface area contributed by atoms with Crippen LogP contribution in [0.5, 0.6) is 0 Å². The summed E-state index contributed by atoms with van der Waals surface area (Å²) in [7, 11) is 0. The highest BCUT2D eigenvalue weighted by molar-refractivity contribution is 6.31. The predicted molar refractivity (Wildman–Crippen MR) is 58.8 cm³/mol. The van der Waals surface area contributed by atoms with Gasteiger partial charge in [-0.25, -0.2) is 0 Å². The molecule has 2 aromatic rings. The van der Waals surface area contributed by atoms with Crippen molar-refractivity contribution in [2.75, 3.05) is 0 Å². The SMILES string of the molecule is OC(Cc1ccccc1Cl)c1ccco1. The van der Waals surface area contributed by atoms with E-state index in [1.54, 1.807) is 18.4 Å². The van der Waals surface area contributed by atoms with E-state index in [1.807, 2.05) is 24.3 Å². The first-order valence-corrected chi connectivity index (χ1v) is 5.10. The number of benzene rings is 1. The van der Waals surface area contributed by atoms with Crippen LogP contribution in [0.15, 0.2) is 47.1 Å². The van der Waals surface area contributed by atoms with Gasteiger partial charge in [0.15, 0.2) is 0 Å². The van der Waals surface area contributed by atoms with Gasteiger partial charge in [0.25, 0.3) is 0 Å². The van der Waals surface area contributed by atoms with E-state index in [2.05, 4.69) is 0 Å². The minimum absolute atomic E-state index is 0.465. The third-order valence-corrected chi connectivity index (χ3v) is 2.61.